The van der Waals surface area contributed by atoms with E-state index in [0.29, 0.717) is 41.8 Å². The van der Waals surface area contributed by atoms with Gasteiger partial charge in [0.1, 0.15) is 5.82 Å². The van der Waals surface area contributed by atoms with E-state index in [0.717, 1.165) is 5.69 Å². The molecule has 0 saturated carbocycles. The Labute approximate surface area is 167 Å². The maximum absolute atomic E-state index is 13.4. The van der Waals surface area contributed by atoms with Crippen molar-refractivity contribution in [2.24, 2.45) is 0 Å². The Hall–Kier alpha value is -3.55. The summed E-state index contributed by atoms with van der Waals surface area (Å²) in [6.45, 7) is 2.23. The second-order valence-corrected chi connectivity index (χ2v) is 6.88. The van der Waals surface area contributed by atoms with Gasteiger partial charge in [-0.25, -0.2) is 4.39 Å². The Morgan fingerprint density at radius 2 is 2.03 bits per heavy atom. The summed E-state index contributed by atoms with van der Waals surface area (Å²) in [5.74, 6) is -0.570. The summed E-state index contributed by atoms with van der Waals surface area (Å²) in [4.78, 5) is 24.7. The summed E-state index contributed by atoms with van der Waals surface area (Å²) in [7, 11) is 1.67. The molecule has 0 aliphatic rings. The number of rotatable bonds is 7. The van der Waals surface area contributed by atoms with Crippen molar-refractivity contribution in [3.05, 3.63) is 81.3 Å². The van der Waals surface area contributed by atoms with Gasteiger partial charge in [-0.15, -0.1) is 0 Å². The predicted molar refractivity (Wildman–Crippen MR) is 107 cm³/mol. The van der Waals surface area contributed by atoms with Crippen LogP contribution in [0.2, 0.25) is 0 Å². The molecule has 0 atom stereocenters. The van der Waals surface area contributed by atoms with Crippen LogP contribution in [0.25, 0.3) is 11.3 Å². The molecule has 2 aromatic carbocycles. The van der Waals surface area contributed by atoms with E-state index < -0.39 is 4.92 Å². The summed E-state index contributed by atoms with van der Waals surface area (Å²) in [5, 5.41) is 18.1. The normalized spacial score (nSPS) is 10.7. The summed E-state index contributed by atoms with van der Waals surface area (Å²) in [6, 6.07) is 12.4. The van der Waals surface area contributed by atoms with Crippen molar-refractivity contribution in [3.63, 3.8) is 0 Å². The van der Waals surface area contributed by atoms with Gasteiger partial charge >= 0.3 is 0 Å². The molecule has 150 valence electrons. The first-order chi connectivity index (χ1) is 13.8. The van der Waals surface area contributed by atoms with Gasteiger partial charge in [-0.1, -0.05) is 18.2 Å². The lowest BCUT2D eigenvalue weighted by Crippen LogP contribution is -2.28. The van der Waals surface area contributed by atoms with Crippen molar-refractivity contribution in [1.82, 2.24) is 15.1 Å². The molecule has 0 unspecified atom stereocenters. The molecule has 1 aromatic heterocycles. The summed E-state index contributed by atoms with van der Waals surface area (Å²) in [6.07, 6.45) is 1.34. The molecule has 0 bridgehead atoms. The number of nitrogens with zero attached hydrogens (tertiary/aromatic N) is 3. The summed E-state index contributed by atoms with van der Waals surface area (Å²) in [5.41, 5.74) is 3.17. The third-order valence-corrected chi connectivity index (χ3v) is 4.70. The quantitative estimate of drug-likeness (QED) is 0.480. The number of nitro groups is 1. The molecule has 0 aliphatic heterocycles. The maximum Gasteiger partial charge on any atom is 0.270 e. The minimum atomic E-state index is -0.509. The zero-order valence-electron chi connectivity index (χ0n) is 16.2. The van der Waals surface area contributed by atoms with E-state index in [9.17, 15) is 19.3 Å². The molecule has 0 saturated heterocycles. The number of nitro benzene ring substituents is 1. The summed E-state index contributed by atoms with van der Waals surface area (Å²) < 4.78 is 13.4. The second kappa shape index (κ2) is 8.64. The Kier molecular flexibility index (Phi) is 6.01. The van der Waals surface area contributed by atoms with Gasteiger partial charge in [0, 0.05) is 42.5 Å². The minimum absolute atomic E-state index is 0.102. The van der Waals surface area contributed by atoms with E-state index >= 15 is 0 Å². The van der Waals surface area contributed by atoms with Crippen molar-refractivity contribution < 1.29 is 14.1 Å². The number of aromatic nitrogens is 2. The molecule has 0 aliphatic carbocycles. The van der Waals surface area contributed by atoms with Crippen LogP contribution in [0.15, 0.2) is 48.5 Å². The predicted octanol–water partition coefficient (Wildman–Crippen LogP) is 4.14. The van der Waals surface area contributed by atoms with E-state index in [1.165, 1.54) is 24.3 Å². The zero-order valence-corrected chi connectivity index (χ0v) is 16.2. The maximum atomic E-state index is 13.4. The molecular weight excluding hydrogens is 375 g/mol. The van der Waals surface area contributed by atoms with Crippen LogP contribution in [0, 0.1) is 22.9 Å². The van der Waals surface area contributed by atoms with Gasteiger partial charge in [0.2, 0.25) is 0 Å². The highest BCUT2D eigenvalue weighted by atomic mass is 19.1. The SMILES string of the molecule is Cc1ccc([N+](=O)[O-])cc1C(=O)N(C)CCCc1cc(-c2cccc(F)c2)n[nH]1. The molecule has 1 heterocycles. The van der Waals surface area contributed by atoms with Gasteiger partial charge in [0.05, 0.1) is 10.6 Å². The van der Waals surface area contributed by atoms with Gasteiger partial charge in [0.25, 0.3) is 11.6 Å². The van der Waals surface area contributed by atoms with Crippen LogP contribution in [-0.2, 0) is 6.42 Å². The van der Waals surface area contributed by atoms with Crippen molar-refractivity contribution in [3.8, 4) is 11.3 Å². The largest absolute Gasteiger partial charge is 0.342 e. The molecule has 0 spiro atoms. The van der Waals surface area contributed by atoms with Crippen LogP contribution >= 0.6 is 0 Å². The number of amides is 1. The molecule has 0 radical (unpaired) electrons. The molecule has 1 N–H and O–H groups in total. The molecule has 29 heavy (non-hydrogen) atoms. The van der Waals surface area contributed by atoms with E-state index in [-0.39, 0.29) is 17.4 Å². The Bertz CT molecular complexity index is 1050. The molecule has 7 nitrogen and oxygen atoms in total. The standard InChI is InChI=1S/C21H21FN4O3/c1-14-8-9-18(26(28)29)13-19(14)21(27)25(2)10-4-7-17-12-20(24-23-17)15-5-3-6-16(22)11-15/h3,5-6,8-9,11-13H,4,7,10H2,1-2H3,(H,23,24). The number of H-pyrrole nitrogens is 1. The third kappa shape index (κ3) is 4.84. The first-order valence-electron chi connectivity index (χ1n) is 9.16. The minimum Gasteiger partial charge on any atom is -0.342 e. The number of halogens is 1. The molecule has 3 rings (SSSR count). The highest BCUT2D eigenvalue weighted by Crippen LogP contribution is 2.20. The van der Waals surface area contributed by atoms with Crippen molar-refractivity contribution in [2.45, 2.75) is 19.8 Å². The van der Waals surface area contributed by atoms with Crippen LogP contribution in [0.1, 0.15) is 28.0 Å². The average molecular weight is 396 g/mol. The fourth-order valence-electron chi connectivity index (χ4n) is 3.05. The lowest BCUT2D eigenvalue weighted by molar-refractivity contribution is -0.384. The van der Waals surface area contributed by atoms with Gasteiger partial charge in [-0.3, -0.25) is 20.0 Å². The van der Waals surface area contributed by atoms with Crippen LogP contribution in [-0.4, -0.2) is 39.5 Å². The van der Waals surface area contributed by atoms with Crippen molar-refractivity contribution in [2.75, 3.05) is 13.6 Å². The van der Waals surface area contributed by atoms with Gasteiger partial charge in [-0.2, -0.15) is 5.10 Å². The van der Waals surface area contributed by atoms with E-state index in [2.05, 4.69) is 10.2 Å². The zero-order chi connectivity index (χ0) is 21.0. The van der Waals surface area contributed by atoms with E-state index in [1.54, 1.807) is 37.1 Å². The molecule has 0 fully saturated rings. The third-order valence-electron chi connectivity index (χ3n) is 4.70. The topological polar surface area (TPSA) is 92.1 Å². The lowest BCUT2D eigenvalue weighted by Gasteiger charge is -2.18. The van der Waals surface area contributed by atoms with Gasteiger partial charge < -0.3 is 4.90 Å². The van der Waals surface area contributed by atoms with Crippen LogP contribution < -0.4 is 0 Å². The average Bonchev–Trinajstić information content (AvgIpc) is 3.16. The number of carbonyl (C=O) groups is 1. The number of aryl methyl sites for hydroxylation is 2. The number of nitrogens with one attached hydrogen (secondary N) is 1. The highest BCUT2D eigenvalue weighted by molar-refractivity contribution is 5.96. The number of hydrogen-bond acceptors (Lipinski definition) is 4. The van der Waals surface area contributed by atoms with E-state index in [4.69, 9.17) is 0 Å². The molecule has 8 heteroatoms. The Morgan fingerprint density at radius 1 is 1.24 bits per heavy atom. The van der Waals surface area contributed by atoms with Crippen LogP contribution in [0.4, 0.5) is 10.1 Å². The van der Waals surface area contributed by atoms with Crippen molar-refractivity contribution >= 4 is 11.6 Å². The first-order valence-corrected chi connectivity index (χ1v) is 9.16. The number of aromatic amines is 1. The lowest BCUT2D eigenvalue weighted by atomic mass is 10.1. The monoisotopic (exact) mass is 396 g/mol. The van der Waals surface area contributed by atoms with E-state index in [1.807, 2.05) is 6.07 Å². The smallest absolute Gasteiger partial charge is 0.270 e. The first kappa shape index (κ1) is 20.2. The van der Waals surface area contributed by atoms with Crippen LogP contribution in [0.5, 0.6) is 0 Å². The number of benzene rings is 2. The van der Waals surface area contributed by atoms with Gasteiger partial charge in [0.15, 0.2) is 0 Å². The van der Waals surface area contributed by atoms with Crippen LogP contribution in [0.3, 0.4) is 0 Å². The van der Waals surface area contributed by atoms with Gasteiger partial charge in [-0.05, 0) is 43.5 Å². The number of non-ortho nitro benzene ring substituents is 1. The number of carbonyl (C=O) groups excluding carboxylic acids is 1. The molecule has 3 aromatic rings. The van der Waals surface area contributed by atoms with Crippen molar-refractivity contribution in [1.29, 1.82) is 0 Å². The fourth-order valence-corrected chi connectivity index (χ4v) is 3.05. The molecule has 1 amide bonds. The Balaban J connectivity index is 1.59. The molecular formula is C21H21FN4O3. The Morgan fingerprint density at radius 3 is 2.76 bits per heavy atom. The summed E-state index contributed by atoms with van der Waals surface area (Å²) >= 11 is 0. The fraction of sp³-hybridized carbons (Fsp3) is 0.238. The second-order valence-electron chi connectivity index (χ2n) is 6.88. The number of hydrogen-bond donors (Lipinski definition) is 1. The highest BCUT2D eigenvalue weighted by Gasteiger charge is 2.18.